The summed E-state index contributed by atoms with van der Waals surface area (Å²) in [5.74, 6) is 0.574. The molecule has 0 saturated carbocycles. The first-order valence-corrected chi connectivity index (χ1v) is 11.5. The summed E-state index contributed by atoms with van der Waals surface area (Å²) in [5, 5.41) is 3.42. The maximum Gasteiger partial charge on any atom is 0.132 e. The van der Waals surface area contributed by atoms with E-state index in [1.165, 1.54) is 17.7 Å². The number of anilines is 1. The van der Waals surface area contributed by atoms with Crippen molar-refractivity contribution in [1.29, 1.82) is 0 Å². The van der Waals surface area contributed by atoms with Gasteiger partial charge in [0.15, 0.2) is 0 Å². The van der Waals surface area contributed by atoms with Crippen LogP contribution in [0.25, 0.3) is 0 Å². The predicted molar refractivity (Wildman–Crippen MR) is 129 cm³/mol. The first-order valence-electron chi connectivity index (χ1n) is 11.5. The Morgan fingerprint density at radius 2 is 1.64 bits per heavy atom. The van der Waals surface area contributed by atoms with Gasteiger partial charge in [0, 0.05) is 24.4 Å². The molecule has 1 heterocycles. The Bertz CT molecular complexity index is 1060. The molecule has 2 unspecified atom stereocenters. The molecular formula is C28H32FNO3. The molecule has 3 aromatic rings. The summed E-state index contributed by atoms with van der Waals surface area (Å²) in [5.41, 5.74) is 4.71. The number of hydrogen-bond acceptors (Lipinski definition) is 4. The third kappa shape index (κ3) is 5.55. The highest BCUT2D eigenvalue weighted by Crippen LogP contribution is 2.44. The second-order valence-corrected chi connectivity index (χ2v) is 9.03. The molecule has 4 rings (SSSR count). The third-order valence-corrected chi connectivity index (χ3v) is 5.96. The van der Waals surface area contributed by atoms with Gasteiger partial charge in [0.2, 0.25) is 0 Å². The monoisotopic (exact) mass is 449 g/mol. The Morgan fingerprint density at radius 3 is 2.33 bits per heavy atom. The lowest BCUT2D eigenvalue weighted by Gasteiger charge is -2.44. The van der Waals surface area contributed by atoms with Gasteiger partial charge in [-0.15, -0.1) is 0 Å². The molecule has 1 aliphatic rings. The summed E-state index contributed by atoms with van der Waals surface area (Å²) >= 11 is 0. The summed E-state index contributed by atoms with van der Waals surface area (Å²) < 4.78 is 32.2. The highest BCUT2D eigenvalue weighted by Gasteiger charge is 2.45. The van der Waals surface area contributed by atoms with Crippen molar-refractivity contribution in [2.24, 2.45) is 0 Å². The van der Waals surface area contributed by atoms with Crippen molar-refractivity contribution in [2.75, 3.05) is 11.9 Å². The second kappa shape index (κ2) is 9.94. The molecule has 0 bridgehead atoms. The van der Waals surface area contributed by atoms with Gasteiger partial charge in [-0.25, -0.2) is 4.39 Å². The van der Waals surface area contributed by atoms with E-state index < -0.39 is 5.60 Å². The summed E-state index contributed by atoms with van der Waals surface area (Å²) in [7, 11) is 0. The quantitative estimate of drug-likeness (QED) is 0.422. The molecule has 1 N–H and O–H groups in total. The van der Waals surface area contributed by atoms with Crippen molar-refractivity contribution < 1.29 is 18.6 Å². The van der Waals surface area contributed by atoms with E-state index in [-0.39, 0.29) is 18.0 Å². The van der Waals surface area contributed by atoms with Crippen LogP contribution in [0.1, 0.15) is 49.1 Å². The fourth-order valence-electron chi connectivity index (χ4n) is 4.16. The number of fused-ring (bicyclic) bond motifs is 1. The molecule has 174 valence electrons. The zero-order valence-electron chi connectivity index (χ0n) is 19.7. The predicted octanol–water partition coefficient (Wildman–Crippen LogP) is 6.58. The highest BCUT2D eigenvalue weighted by molar-refractivity contribution is 5.54. The van der Waals surface area contributed by atoms with Crippen LogP contribution in [-0.4, -0.2) is 18.3 Å². The largest absolute Gasteiger partial charge is 0.485 e. The normalized spacial score (nSPS) is 18.9. The fourth-order valence-corrected chi connectivity index (χ4v) is 4.16. The van der Waals surface area contributed by atoms with Gasteiger partial charge >= 0.3 is 0 Å². The van der Waals surface area contributed by atoms with Crippen molar-refractivity contribution in [3.05, 3.63) is 94.8 Å². The minimum atomic E-state index is -0.555. The molecule has 2 atom stereocenters. The van der Waals surface area contributed by atoms with E-state index >= 15 is 0 Å². The van der Waals surface area contributed by atoms with Gasteiger partial charge < -0.3 is 19.5 Å². The number of nitrogens with one attached hydrogen (secondary N) is 1. The van der Waals surface area contributed by atoms with Crippen LogP contribution in [0.2, 0.25) is 0 Å². The summed E-state index contributed by atoms with van der Waals surface area (Å²) in [6.07, 6.45) is -0.537. The standard InChI is InChI=1S/C28H32FNO3/c1-5-31-26-24-16-23(30-17-20-10-12-22(29)13-11-20)14-15-25(24)33-28(3,4)27(26)32-18-21-8-6-19(2)7-9-21/h6-16,26-27,30H,5,17-18H2,1-4H3. The maximum absolute atomic E-state index is 13.2. The van der Waals surface area contributed by atoms with Gasteiger partial charge in [-0.3, -0.25) is 0 Å². The lowest BCUT2D eigenvalue weighted by atomic mass is 9.87. The van der Waals surface area contributed by atoms with Crippen LogP contribution >= 0.6 is 0 Å². The van der Waals surface area contributed by atoms with Gasteiger partial charge in [0.05, 0.1) is 6.61 Å². The molecule has 0 saturated heterocycles. The minimum Gasteiger partial charge on any atom is -0.485 e. The van der Waals surface area contributed by atoms with Gasteiger partial charge in [0.25, 0.3) is 0 Å². The Morgan fingerprint density at radius 1 is 0.939 bits per heavy atom. The molecule has 0 amide bonds. The maximum atomic E-state index is 13.2. The van der Waals surface area contributed by atoms with E-state index in [4.69, 9.17) is 14.2 Å². The molecule has 0 radical (unpaired) electrons. The molecule has 5 heteroatoms. The second-order valence-electron chi connectivity index (χ2n) is 9.03. The van der Waals surface area contributed by atoms with Gasteiger partial charge in [0.1, 0.15) is 29.4 Å². The van der Waals surface area contributed by atoms with Crippen molar-refractivity contribution in [1.82, 2.24) is 0 Å². The first kappa shape index (κ1) is 23.3. The zero-order valence-corrected chi connectivity index (χ0v) is 19.7. The van der Waals surface area contributed by atoms with Crippen LogP contribution in [0.15, 0.2) is 66.7 Å². The van der Waals surface area contributed by atoms with Crippen LogP contribution in [0.3, 0.4) is 0 Å². The Balaban J connectivity index is 1.55. The number of halogens is 1. The van der Waals surface area contributed by atoms with Gasteiger partial charge in [-0.05, 0) is 69.2 Å². The Kier molecular flexibility index (Phi) is 7.01. The molecule has 0 aromatic heterocycles. The number of hydrogen-bond donors (Lipinski definition) is 1. The van der Waals surface area contributed by atoms with E-state index in [9.17, 15) is 4.39 Å². The average Bonchev–Trinajstić information content (AvgIpc) is 2.79. The van der Waals surface area contributed by atoms with E-state index in [0.717, 1.165) is 28.1 Å². The number of rotatable bonds is 8. The molecule has 33 heavy (non-hydrogen) atoms. The third-order valence-electron chi connectivity index (χ3n) is 5.96. The summed E-state index contributed by atoms with van der Waals surface area (Å²) in [4.78, 5) is 0. The number of benzene rings is 3. The fraction of sp³-hybridized carbons (Fsp3) is 0.357. The number of ether oxygens (including phenoxy) is 3. The van der Waals surface area contributed by atoms with Crippen molar-refractivity contribution >= 4 is 5.69 Å². The van der Waals surface area contributed by atoms with Crippen LogP contribution in [0, 0.1) is 12.7 Å². The highest BCUT2D eigenvalue weighted by atomic mass is 19.1. The smallest absolute Gasteiger partial charge is 0.132 e. The van der Waals surface area contributed by atoms with Crippen LogP contribution in [0.5, 0.6) is 5.75 Å². The number of aryl methyl sites for hydroxylation is 1. The van der Waals surface area contributed by atoms with E-state index in [2.05, 4.69) is 42.6 Å². The summed E-state index contributed by atoms with van der Waals surface area (Å²) in [6.45, 7) is 9.81. The van der Waals surface area contributed by atoms with E-state index in [0.29, 0.717) is 19.8 Å². The average molecular weight is 450 g/mol. The lowest BCUT2D eigenvalue weighted by molar-refractivity contribution is -0.165. The lowest BCUT2D eigenvalue weighted by Crippen LogP contribution is -2.51. The van der Waals surface area contributed by atoms with Crippen molar-refractivity contribution in [3.8, 4) is 5.75 Å². The molecule has 1 aliphatic heterocycles. The Hall–Kier alpha value is -2.89. The topological polar surface area (TPSA) is 39.7 Å². The first-order chi connectivity index (χ1) is 15.9. The molecule has 0 aliphatic carbocycles. The Labute approximate surface area is 195 Å². The van der Waals surface area contributed by atoms with E-state index in [1.54, 1.807) is 12.1 Å². The van der Waals surface area contributed by atoms with Gasteiger partial charge in [-0.2, -0.15) is 0 Å². The zero-order chi connectivity index (χ0) is 23.4. The van der Waals surface area contributed by atoms with Crippen LogP contribution in [-0.2, 0) is 22.6 Å². The van der Waals surface area contributed by atoms with Crippen molar-refractivity contribution in [3.63, 3.8) is 0 Å². The molecule has 0 fully saturated rings. The van der Waals surface area contributed by atoms with E-state index in [1.807, 2.05) is 32.9 Å². The van der Waals surface area contributed by atoms with Gasteiger partial charge in [-0.1, -0.05) is 42.0 Å². The molecule has 3 aromatic carbocycles. The van der Waals surface area contributed by atoms with Crippen LogP contribution < -0.4 is 10.1 Å². The molecule has 0 spiro atoms. The molecular weight excluding hydrogens is 417 g/mol. The summed E-state index contributed by atoms with van der Waals surface area (Å²) in [6, 6.07) is 20.9. The molecule has 4 nitrogen and oxygen atoms in total. The SMILES string of the molecule is CCOC1c2cc(NCc3ccc(F)cc3)ccc2OC(C)(C)C1OCc1ccc(C)cc1. The van der Waals surface area contributed by atoms with Crippen LogP contribution in [0.4, 0.5) is 10.1 Å². The van der Waals surface area contributed by atoms with Crippen molar-refractivity contribution in [2.45, 2.75) is 58.7 Å². The minimum absolute atomic E-state index is 0.233.